The van der Waals surface area contributed by atoms with Crippen LogP contribution in [0.25, 0.3) is 0 Å². The van der Waals surface area contributed by atoms with Gasteiger partial charge in [0.15, 0.2) is 0 Å². The second-order valence-corrected chi connectivity index (χ2v) is 5.49. The van der Waals surface area contributed by atoms with E-state index in [1.54, 1.807) is 0 Å². The average Bonchev–Trinajstić information content (AvgIpc) is 2.49. The lowest BCUT2D eigenvalue weighted by Gasteiger charge is -2.23. The van der Waals surface area contributed by atoms with Gasteiger partial charge < -0.3 is 10.4 Å². The van der Waals surface area contributed by atoms with E-state index in [0.29, 0.717) is 12.0 Å². The predicted molar refractivity (Wildman–Crippen MR) is 83.2 cm³/mol. The number of hydrogen-bond donors (Lipinski definition) is 2. The third-order valence-corrected chi connectivity index (χ3v) is 3.56. The Kier molecular flexibility index (Phi) is 5.33. The van der Waals surface area contributed by atoms with E-state index in [-0.39, 0.29) is 6.61 Å². The van der Waals surface area contributed by atoms with E-state index in [2.05, 4.69) is 61.6 Å². The van der Waals surface area contributed by atoms with Crippen molar-refractivity contribution in [1.29, 1.82) is 0 Å². The Hall–Kier alpha value is -1.64. The topological polar surface area (TPSA) is 32.3 Å². The van der Waals surface area contributed by atoms with Crippen molar-refractivity contribution in [2.24, 2.45) is 5.92 Å². The van der Waals surface area contributed by atoms with E-state index in [1.165, 1.54) is 11.1 Å². The summed E-state index contributed by atoms with van der Waals surface area (Å²) in [5.74, 6) is 0.536. The van der Waals surface area contributed by atoms with Crippen LogP contribution in [0.2, 0.25) is 0 Å². The van der Waals surface area contributed by atoms with E-state index in [1.807, 2.05) is 12.1 Å². The molecule has 0 saturated heterocycles. The molecule has 106 valence electrons. The van der Waals surface area contributed by atoms with Crippen LogP contribution >= 0.6 is 0 Å². The van der Waals surface area contributed by atoms with Crippen LogP contribution in [0.5, 0.6) is 0 Å². The molecule has 2 N–H and O–H groups in total. The van der Waals surface area contributed by atoms with Crippen LogP contribution in [0.1, 0.15) is 36.6 Å². The van der Waals surface area contributed by atoms with Gasteiger partial charge in [0.2, 0.25) is 0 Å². The summed E-state index contributed by atoms with van der Waals surface area (Å²) in [7, 11) is 0. The van der Waals surface area contributed by atoms with Crippen molar-refractivity contribution in [2.45, 2.75) is 33.0 Å². The fourth-order valence-electron chi connectivity index (χ4n) is 2.39. The van der Waals surface area contributed by atoms with E-state index in [9.17, 15) is 0 Å². The summed E-state index contributed by atoms with van der Waals surface area (Å²) in [5.41, 5.74) is 3.52. The minimum atomic E-state index is 0.104. The average molecular weight is 269 g/mol. The van der Waals surface area contributed by atoms with Crippen molar-refractivity contribution in [2.75, 3.05) is 0 Å². The Bertz CT molecular complexity index is 505. The smallest absolute Gasteiger partial charge is 0.0681 e. The van der Waals surface area contributed by atoms with Crippen LogP contribution in [0.4, 0.5) is 0 Å². The SMILES string of the molecule is CC(C)C(NCc1ccc(CO)cc1)c1ccccc1. The third-order valence-electron chi connectivity index (χ3n) is 3.56. The highest BCUT2D eigenvalue weighted by molar-refractivity contribution is 5.23. The number of nitrogens with one attached hydrogen (secondary N) is 1. The molecule has 0 saturated carbocycles. The molecule has 0 amide bonds. The molecule has 2 rings (SSSR count). The van der Waals surface area contributed by atoms with Gasteiger partial charge in [-0.05, 0) is 22.6 Å². The standard InChI is InChI=1S/C18H23NO/c1-14(2)18(17-6-4-3-5-7-17)19-12-15-8-10-16(13-20)11-9-15/h3-11,14,18-20H,12-13H2,1-2H3. The van der Waals surface area contributed by atoms with Crippen LogP contribution in [0, 0.1) is 5.92 Å². The number of aliphatic hydroxyl groups excluding tert-OH is 1. The monoisotopic (exact) mass is 269 g/mol. The quantitative estimate of drug-likeness (QED) is 0.838. The Morgan fingerprint density at radius 1 is 0.900 bits per heavy atom. The largest absolute Gasteiger partial charge is 0.392 e. The third kappa shape index (κ3) is 3.92. The molecular weight excluding hydrogens is 246 g/mol. The fourth-order valence-corrected chi connectivity index (χ4v) is 2.39. The van der Waals surface area contributed by atoms with Crippen molar-refractivity contribution in [3.8, 4) is 0 Å². The van der Waals surface area contributed by atoms with Gasteiger partial charge in [-0.1, -0.05) is 68.4 Å². The van der Waals surface area contributed by atoms with E-state index >= 15 is 0 Å². The first-order valence-corrected chi connectivity index (χ1v) is 7.17. The van der Waals surface area contributed by atoms with Gasteiger partial charge in [0.05, 0.1) is 6.61 Å². The molecule has 0 radical (unpaired) electrons. The van der Waals surface area contributed by atoms with Gasteiger partial charge in [-0.2, -0.15) is 0 Å². The van der Waals surface area contributed by atoms with Gasteiger partial charge in [-0.3, -0.25) is 0 Å². The second-order valence-electron chi connectivity index (χ2n) is 5.49. The molecule has 1 unspecified atom stereocenters. The minimum absolute atomic E-state index is 0.104. The maximum Gasteiger partial charge on any atom is 0.0681 e. The Labute approximate surface area is 121 Å². The van der Waals surface area contributed by atoms with Crippen LogP contribution in [-0.4, -0.2) is 5.11 Å². The molecule has 0 aliphatic carbocycles. The summed E-state index contributed by atoms with van der Waals surface area (Å²) in [6, 6.07) is 19.0. The highest BCUT2D eigenvalue weighted by atomic mass is 16.3. The number of hydrogen-bond acceptors (Lipinski definition) is 2. The Balaban J connectivity index is 2.02. The molecule has 2 aromatic rings. The van der Waals surface area contributed by atoms with Gasteiger partial charge in [0.1, 0.15) is 0 Å². The maximum atomic E-state index is 9.05. The van der Waals surface area contributed by atoms with Crippen molar-refractivity contribution in [3.05, 3.63) is 71.3 Å². The molecule has 2 heteroatoms. The molecular formula is C18H23NO. The molecule has 2 nitrogen and oxygen atoms in total. The normalized spacial score (nSPS) is 12.6. The predicted octanol–water partition coefficient (Wildman–Crippen LogP) is 3.67. The van der Waals surface area contributed by atoms with Crippen molar-refractivity contribution >= 4 is 0 Å². The first-order chi connectivity index (χ1) is 9.70. The second kappa shape index (κ2) is 7.22. The van der Waals surface area contributed by atoms with Crippen LogP contribution in [0.3, 0.4) is 0 Å². The van der Waals surface area contributed by atoms with Crippen molar-refractivity contribution in [1.82, 2.24) is 5.32 Å². The molecule has 2 aromatic carbocycles. The van der Waals surface area contributed by atoms with Crippen LogP contribution < -0.4 is 5.32 Å². The van der Waals surface area contributed by atoms with Crippen LogP contribution in [-0.2, 0) is 13.2 Å². The Morgan fingerprint density at radius 2 is 1.50 bits per heavy atom. The molecule has 0 heterocycles. The van der Waals surface area contributed by atoms with Crippen molar-refractivity contribution < 1.29 is 5.11 Å². The van der Waals surface area contributed by atoms with E-state index < -0.39 is 0 Å². The molecule has 0 fully saturated rings. The van der Waals surface area contributed by atoms with Gasteiger partial charge in [-0.15, -0.1) is 0 Å². The van der Waals surface area contributed by atoms with Crippen molar-refractivity contribution in [3.63, 3.8) is 0 Å². The first-order valence-electron chi connectivity index (χ1n) is 7.17. The molecule has 1 atom stereocenters. The highest BCUT2D eigenvalue weighted by Gasteiger charge is 2.14. The van der Waals surface area contributed by atoms with E-state index in [4.69, 9.17) is 5.11 Å². The summed E-state index contributed by atoms with van der Waals surface area (Å²) in [6.07, 6.45) is 0. The zero-order chi connectivity index (χ0) is 14.4. The first kappa shape index (κ1) is 14.8. The minimum Gasteiger partial charge on any atom is -0.392 e. The Morgan fingerprint density at radius 3 is 2.05 bits per heavy atom. The fraction of sp³-hybridized carbons (Fsp3) is 0.333. The van der Waals surface area contributed by atoms with Gasteiger partial charge in [-0.25, -0.2) is 0 Å². The summed E-state index contributed by atoms with van der Waals surface area (Å²) in [4.78, 5) is 0. The molecule has 20 heavy (non-hydrogen) atoms. The summed E-state index contributed by atoms with van der Waals surface area (Å²) in [6.45, 7) is 5.41. The van der Waals surface area contributed by atoms with Gasteiger partial charge in [0, 0.05) is 12.6 Å². The van der Waals surface area contributed by atoms with Crippen LogP contribution in [0.15, 0.2) is 54.6 Å². The molecule has 0 spiro atoms. The lowest BCUT2D eigenvalue weighted by atomic mass is 9.96. The summed E-state index contributed by atoms with van der Waals surface area (Å²) < 4.78 is 0. The number of benzene rings is 2. The summed E-state index contributed by atoms with van der Waals surface area (Å²) >= 11 is 0. The molecule has 0 aliphatic rings. The lowest BCUT2D eigenvalue weighted by molar-refractivity contribution is 0.282. The summed E-state index contributed by atoms with van der Waals surface area (Å²) in [5, 5.41) is 12.7. The zero-order valence-corrected chi connectivity index (χ0v) is 12.2. The van der Waals surface area contributed by atoms with E-state index in [0.717, 1.165) is 12.1 Å². The molecule has 0 bridgehead atoms. The lowest BCUT2D eigenvalue weighted by Crippen LogP contribution is -2.25. The number of rotatable bonds is 6. The maximum absolute atomic E-state index is 9.05. The molecule has 0 aromatic heterocycles. The zero-order valence-electron chi connectivity index (χ0n) is 12.2. The van der Waals surface area contributed by atoms with Gasteiger partial charge >= 0.3 is 0 Å². The molecule has 0 aliphatic heterocycles. The highest BCUT2D eigenvalue weighted by Crippen LogP contribution is 2.21. The van der Waals surface area contributed by atoms with Gasteiger partial charge in [0.25, 0.3) is 0 Å². The number of aliphatic hydroxyl groups is 1.